The van der Waals surface area contributed by atoms with E-state index in [4.69, 9.17) is 4.74 Å². The molecule has 25 heavy (non-hydrogen) atoms. The van der Waals surface area contributed by atoms with Crippen LogP contribution in [-0.4, -0.2) is 38.1 Å². The first kappa shape index (κ1) is 18.7. The number of halogens is 1. The van der Waals surface area contributed by atoms with Gasteiger partial charge in [-0.25, -0.2) is 4.39 Å². The quantitative estimate of drug-likeness (QED) is 0.748. The van der Waals surface area contributed by atoms with Crippen LogP contribution in [-0.2, 0) is 0 Å². The van der Waals surface area contributed by atoms with Crippen molar-refractivity contribution >= 4 is 5.91 Å². The molecule has 1 atom stereocenters. The van der Waals surface area contributed by atoms with Crippen LogP contribution in [0.1, 0.15) is 22.0 Å². The van der Waals surface area contributed by atoms with Crippen LogP contribution < -0.4 is 10.1 Å². The summed E-state index contributed by atoms with van der Waals surface area (Å²) in [5, 5.41) is 2.90. The van der Waals surface area contributed by atoms with Crippen LogP contribution in [0.2, 0.25) is 0 Å². The highest BCUT2D eigenvalue weighted by atomic mass is 19.1. The first-order valence-electron chi connectivity index (χ1n) is 8.05. The normalized spacial score (nSPS) is 11.8. The van der Waals surface area contributed by atoms with E-state index in [1.807, 2.05) is 25.1 Å². The number of benzene rings is 2. The number of rotatable bonds is 8. The van der Waals surface area contributed by atoms with Gasteiger partial charge in [0.2, 0.25) is 0 Å². The van der Waals surface area contributed by atoms with Gasteiger partial charge in [-0.2, -0.15) is 0 Å². The molecule has 0 spiro atoms. The molecule has 0 fully saturated rings. The number of likely N-dealkylation sites (N-methyl/N-ethyl adjacent to an activating group) is 1. The monoisotopic (exact) mass is 342 g/mol. The number of carbonyl (C=O) groups is 1. The molecule has 1 N–H and O–H groups in total. The van der Waals surface area contributed by atoms with Crippen molar-refractivity contribution in [1.82, 2.24) is 10.2 Å². The van der Waals surface area contributed by atoms with Gasteiger partial charge in [-0.1, -0.05) is 24.8 Å². The molecule has 132 valence electrons. The Labute approximate surface area is 147 Å². The summed E-state index contributed by atoms with van der Waals surface area (Å²) in [5.74, 6) is 0.215. The number of hydrogen-bond donors (Lipinski definition) is 1. The van der Waals surface area contributed by atoms with E-state index in [0.29, 0.717) is 24.5 Å². The lowest BCUT2D eigenvalue weighted by molar-refractivity contribution is 0.0942. The summed E-state index contributed by atoms with van der Waals surface area (Å²) in [7, 11) is 3.79. The van der Waals surface area contributed by atoms with Crippen molar-refractivity contribution in [2.24, 2.45) is 0 Å². The van der Waals surface area contributed by atoms with Gasteiger partial charge >= 0.3 is 0 Å². The maximum absolute atomic E-state index is 13.5. The molecule has 2 aromatic carbocycles. The lowest BCUT2D eigenvalue weighted by Gasteiger charge is -2.25. The lowest BCUT2D eigenvalue weighted by Crippen LogP contribution is -2.34. The van der Waals surface area contributed by atoms with E-state index in [1.165, 1.54) is 12.1 Å². The molecule has 0 aliphatic rings. The molecule has 0 saturated heterocycles. The van der Waals surface area contributed by atoms with Gasteiger partial charge in [-0.3, -0.25) is 4.79 Å². The van der Waals surface area contributed by atoms with E-state index in [-0.39, 0.29) is 17.8 Å². The second-order valence-electron chi connectivity index (χ2n) is 5.87. The molecule has 0 aromatic heterocycles. The molecule has 0 heterocycles. The molecule has 0 aliphatic carbocycles. The second kappa shape index (κ2) is 8.99. The highest BCUT2D eigenvalue weighted by molar-refractivity contribution is 5.94. The maximum Gasteiger partial charge on any atom is 0.251 e. The van der Waals surface area contributed by atoms with Gasteiger partial charge in [0.25, 0.3) is 5.91 Å². The fourth-order valence-electron chi connectivity index (χ4n) is 2.46. The Morgan fingerprint density at radius 1 is 1.28 bits per heavy atom. The zero-order chi connectivity index (χ0) is 18.2. The predicted octanol–water partition coefficient (Wildman–Crippen LogP) is 3.42. The van der Waals surface area contributed by atoms with Crippen molar-refractivity contribution in [3.8, 4) is 5.75 Å². The molecule has 4 nitrogen and oxygen atoms in total. The summed E-state index contributed by atoms with van der Waals surface area (Å²) >= 11 is 0. The maximum atomic E-state index is 13.5. The minimum atomic E-state index is -0.286. The number of nitrogens with one attached hydrogen (secondary N) is 1. The highest BCUT2D eigenvalue weighted by Gasteiger charge is 2.16. The molecule has 2 aromatic rings. The Morgan fingerprint density at radius 3 is 2.60 bits per heavy atom. The van der Waals surface area contributed by atoms with Crippen LogP contribution in [0, 0.1) is 5.82 Å². The van der Waals surface area contributed by atoms with E-state index in [2.05, 4.69) is 11.9 Å². The minimum absolute atomic E-state index is 0.116. The van der Waals surface area contributed by atoms with Gasteiger partial charge < -0.3 is 15.0 Å². The van der Waals surface area contributed by atoms with Crippen LogP contribution in [0.5, 0.6) is 5.75 Å². The number of amides is 1. The molecular formula is C20H23FN2O2. The Hall–Kier alpha value is -2.66. The Kier molecular flexibility index (Phi) is 6.71. The van der Waals surface area contributed by atoms with Gasteiger partial charge in [0.05, 0.1) is 6.04 Å². The van der Waals surface area contributed by atoms with Crippen molar-refractivity contribution in [1.29, 1.82) is 0 Å². The van der Waals surface area contributed by atoms with Crippen LogP contribution >= 0.6 is 0 Å². The first-order valence-corrected chi connectivity index (χ1v) is 8.05. The zero-order valence-corrected chi connectivity index (χ0v) is 14.5. The molecule has 0 saturated carbocycles. The summed E-state index contributed by atoms with van der Waals surface area (Å²) in [6.45, 7) is 4.39. The standard InChI is InChI=1S/C20H23FN2O2/c1-4-12-25-18-10-8-15(9-11-18)20(24)22-14-19(23(2)3)16-6-5-7-17(21)13-16/h4-11,13,19H,1,12,14H2,2-3H3,(H,22,24). The van der Waals surface area contributed by atoms with Crippen LogP contribution in [0.4, 0.5) is 4.39 Å². The van der Waals surface area contributed by atoms with Gasteiger partial charge in [-0.15, -0.1) is 0 Å². The average Bonchev–Trinajstić information content (AvgIpc) is 2.60. The van der Waals surface area contributed by atoms with E-state index in [9.17, 15) is 9.18 Å². The molecule has 1 amide bonds. The van der Waals surface area contributed by atoms with Crippen LogP contribution in [0.25, 0.3) is 0 Å². The molecule has 5 heteroatoms. The largest absolute Gasteiger partial charge is 0.490 e. The molecule has 0 aliphatic heterocycles. The van der Waals surface area contributed by atoms with Gasteiger partial charge in [0.15, 0.2) is 0 Å². The van der Waals surface area contributed by atoms with Gasteiger partial charge in [0.1, 0.15) is 18.2 Å². The first-order chi connectivity index (χ1) is 12.0. The Bertz CT molecular complexity index is 714. The van der Waals surface area contributed by atoms with Gasteiger partial charge in [-0.05, 0) is 56.1 Å². The number of hydrogen-bond acceptors (Lipinski definition) is 3. The van der Waals surface area contributed by atoms with E-state index in [0.717, 1.165) is 5.56 Å². The molecule has 2 rings (SSSR count). The average molecular weight is 342 g/mol. The van der Waals surface area contributed by atoms with Crippen LogP contribution in [0.15, 0.2) is 61.2 Å². The van der Waals surface area contributed by atoms with Crippen molar-refractivity contribution in [2.75, 3.05) is 27.2 Å². The third-order valence-corrected chi connectivity index (χ3v) is 3.80. The third kappa shape index (κ3) is 5.43. The smallest absolute Gasteiger partial charge is 0.251 e. The second-order valence-corrected chi connectivity index (χ2v) is 5.87. The van der Waals surface area contributed by atoms with Crippen LogP contribution in [0.3, 0.4) is 0 Å². The Morgan fingerprint density at radius 2 is 2.00 bits per heavy atom. The highest BCUT2D eigenvalue weighted by Crippen LogP contribution is 2.18. The Balaban J connectivity index is 2.00. The number of carbonyl (C=O) groups excluding carboxylic acids is 1. The fourth-order valence-corrected chi connectivity index (χ4v) is 2.46. The van der Waals surface area contributed by atoms with E-state index < -0.39 is 0 Å². The lowest BCUT2D eigenvalue weighted by atomic mass is 10.1. The number of ether oxygens (including phenoxy) is 1. The molecule has 0 radical (unpaired) electrons. The van der Waals surface area contributed by atoms with Crippen molar-refractivity contribution in [3.05, 3.63) is 78.1 Å². The predicted molar refractivity (Wildman–Crippen MR) is 97.3 cm³/mol. The number of nitrogens with zero attached hydrogens (tertiary/aromatic N) is 1. The van der Waals surface area contributed by atoms with E-state index in [1.54, 1.807) is 36.4 Å². The van der Waals surface area contributed by atoms with E-state index >= 15 is 0 Å². The third-order valence-electron chi connectivity index (χ3n) is 3.80. The molecule has 0 bridgehead atoms. The topological polar surface area (TPSA) is 41.6 Å². The summed E-state index contributed by atoms with van der Waals surface area (Å²) < 4.78 is 18.9. The molecule has 1 unspecified atom stereocenters. The zero-order valence-electron chi connectivity index (χ0n) is 14.5. The minimum Gasteiger partial charge on any atom is -0.490 e. The SMILES string of the molecule is C=CCOc1ccc(C(=O)NCC(c2cccc(F)c2)N(C)C)cc1. The van der Waals surface area contributed by atoms with Crippen molar-refractivity contribution < 1.29 is 13.9 Å². The summed E-state index contributed by atoms with van der Waals surface area (Å²) in [6, 6.07) is 13.2. The summed E-state index contributed by atoms with van der Waals surface area (Å²) in [5.41, 5.74) is 1.36. The molecular weight excluding hydrogens is 319 g/mol. The van der Waals surface area contributed by atoms with Gasteiger partial charge in [0, 0.05) is 12.1 Å². The summed E-state index contributed by atoms with van der Waals surface area (Å²) in [4.78, 5) is 14.3. The van der Waals surface area contributed by atoms with Crippen molar-refractivity contribution in [2.45, 2.75) is 6.04 Å². The summed E-state index contributed by atoms with van der Waals surface area (Å²) in [6.07, 6.45) is 1.66. The van der Waals surface area contributed by atoms with Crippen molar-refractivity contribution in [3.63, 3.8) is 0 Å². The fraction of sp³-hybridized carbons (Fsp3) is 0.250.